The van der Waals surface area contributed by atoms with E-state index in [1.54, 1.807) is 0 Å². The van der Waals surface area contributed by atoms with E-state index in [2.05, 4.69) is 161 Å². The van der Waals surface area contributed by atoms with Gasteiger partial charge in [-0.3, -0.25) is 0 Å². The minimum atomic E-state index is 0.206. The van der Waals surface area contributed by atoms with E-state index < -0.39 is 0 Å². The molecule has 0 unspecified atom stereocenters. The van der Waals surface area contributed by atoms with Crippen molar-refractivity contribution in [1.29, 1.82) is 0 Å². The Bertz CT molecular complexity index is 2320. The molecule has 10 rings (SSSR count). The Kier molecular flexibility index (Phi) is 5.96. The van der Waals surface area contributed by atoms with Crippen LogP contribution in [0.2, 0.25) is 0 Å². The Morgan fingerprint density at radius 1 is 0.333 bits per heavy atom. The minimum absolute atomic E-state index is 0.206. The zero-order valence-electron chi connectivity index (χ0n) is 28.0. The first-order valence-electron chi connectivity index (χ1n) is 17.7. The Balaban J connectivity index is 1.35. The van der Waals surface area contributed by atoms with Crippen molar-refractivity contribution in [3.05, 3.63) is 145 Å². The molecule has 8 aromatic carbocycles. The molecule has 0 radical (unpaired) electrons. The van der Waals surface area contributed by atoms with Crippen LogP contribution < -0.4 is 32.8 Å². The zero-order chi connectivity index (χ0) is 32.3. The summed E-state index contributed by atoms with van der Waals surface area (Å²) in [5.74, 6) is 0.802. The largest absolute Gasteiger partial charge is 0.243 e. The SMILES string of the molecule is CC(C)c1cc(B2c3ccccc3-c3ccccc32)c2ccc3c(B4c5ccccc5-c5ccccc54)cc(C(C)C)c4ccc1c2c34. The second-order valence-electron chi connectivity index (χ2n) is 14.7. The lowest BCUT2D eigenvalue weighted by Crippen LogP contribution is -2.50. The van der Waals surface area contributed by atoms with Crippen molar-refractivity contribution < 1.29 is 0 Å². The molecule has 0 bridgehead atoms. The van der Waals surface area contributed by atoms with Gasteiger partial charge in [0.05, 0.1) is 0 Å². The van der Waals surface area contributed by atoms with E-state index in [9.17, 15) is 0 Å². The molecule has 2 heteroatoms. The predicted octanol–water partition coefficient (Wildman–Crippen LogP) is 7.82. The highest BCUT2D eigenvalue weighted by Gasteiger charge is 2.37. The number of fused-ring (bicyclic) bond motifs is 6. The summed E-state index contributed by atoms with van der Waals surface area (Å²) in [6, 6.07) is 51.2. The van der Waals surface area contributed by atoms with E-state index in [4.69, 9.17) is 0 Å². The molecule has 226 valence electrons. The summed E-state index contributed by atoms with van der Waals surface area (Å²) in [7, 11) is 0. The monoisotopic (exact) mass is 610 g/mol. The number of benzene rings is 8. The third-order valence-corrected chi connectivity index (χ3v) is 11.6. The van der Waals surface area contributed by atoms with Gasteiger partial charge in [-0.15, -0.1) is 0 Å². The third kappa shape index (κ3) is 3.69. The Hall–Kier alpha value is -5.07. The molecule has 2 heterocycles. The molecule has 48 heavy (non-hydrogen) atoms. The van der Waals surface area contributed by atoms with Crippen LogP contribution in [-0.4, -0.2) is 13.4 Å². The Labute approximate surface area is 284 Å². The molecule has 0 aliphatic carbocycles. The molecule has 0 saturated carbocycles. The lowest BCUT2D eigenvalue weighted by molar-refractivity contribution is 0.876. The smallest absolute Gasteiger partial charge is 0.0664 e. The molecular formula is C46H36B2. The van der Waals surface area contributed by atoms with Gasteiger partial charge in [0.15, 0.2) is 0 Å². The van der Waals surface area contributed by atoms with Crippen molar-refractivity contribution in [3.8, 4) is 22.3 Å². The normalized spacial score (nSPS) is 13.3. The Morgan fingerprint density at radius 2 is 0.625 bits per heavy atom. The molecule has 0 N–H and O–H groups in total. The highest BCUT2D eigenvalue weighted by atomic mass is 14.3. The summed E-state index contributed by atoms with van der Waals surface area (Å²) >= 11 is 0. The lowest BCUT2D eigenvalue weighted by Gasteiger charge is -2.25. The van der Waals surface area contributed by atoms with Gasteiger partial charge in [-0.1, -0.05) is 194 Å². The first-order valence-corrected chi connectivity index (χ1v) is 17.7. The van der Waals surface area contributed by atoms with E-state index in [1.165, 1.54) is 98.5 Å². The maximum absolute atomic E-state index is 2.56. The van der Waals surface area contributed by atoms with Gasteiger partial charge in [0, 0.05) is 0 Å². The molecule has 0 amide bonds. The van der Waals surface area contributed by atoms with Gasteiger partial charge in [0.2, 0.25) is 13.4 Å². The van der Waals surface area contributed by atoms with Gasteiger partial charge in [-0.05, 0) is 77.5 Å². The summed E-state index contributed by atoms with van der Waals surface area (Å²) in [6.07, 6.45) is 0. The molecule has 0 saturated heterocycles. The number of hydrogen-bond donors (Lipinski definition) is 0. The van der Waals surface area contributed by atoms with Gasteiger partial charge in [0.25, 0.3) is 0 Å². The molecule has 2 aliphatic rings. The summed E-state index contributed by atoms with van der Waals surface area (Å²) < 4.78 is 0. The Morgan fingerprint density at radius 3 is 0.938 bits per heavy atom. The fraction of sp³-hybridized carbons (Fsp3) is 0.130. The summed E-state index contributed by atoms with van der Waals surface area (Å²) in [4.78, 5) is 0. The van der Waals surface area contributed by atoms with Gasteiger partial charge in [0.1, 0.15) is 0 Å². The number of rotatable bonds is 4. The first-order chi connectivity index (χ1) is 23.5. The fourth-order valence-electron chi connectivity index (χ4n) is 9.52. The van der Waals surface area contributed by atoms with Crippen LogP contribution in [0.25, 0.3) is 54.6 Å². The van der Waals surface area contributed by atoms with Crippen LogP contribution in [0, 0.1) is 0 Å². The third-order valence-electron chi connectivity index (χ3n) is 11.6. The summed E-state index contributed by atoms with van der Waals surface area (Å²) in [6.45, 7) is 9.87. The molecule has 0 atom stereocenters. The molecule has 0 nitrogen and oxygen atoms in total. The molecule has 8 aromatic rings. The second kappa shape index (κ2) is 10.2. The standard InChI is InChI=1S/C46H36B2/c1-27(2)37-25-43(47-39-17-9-5-13-29(39)30-14-6-10-18-40(30)47)35-23-24-36-44(26-38(28(3)4)34-22-21-33(37)45(35)46(34)36)48-41-19-11-7-15-31(41)32-16-8-12-20-42(32)48/h5-28H,1-4H3. The summed E-state index contributed by atoms with van der Waals surface area (Å²) in [5.41, 5.74) is 16.9. The maximum Gasteiger partial charge on any atom is 0.243 e. The highest BCUT2D eigenvalue weighted by molar-refractivity contribution is 7.01. The van der Waals surface area contributed by atoms with Crippen LogP contribution >= 0.6 is 0 Å². The second-order valence-corrected chi connectivity index (χ2v) is 14.7. The molecule has 0 aromatic heterocycles. The lowest BCUT2D eigenvalue weighted by atomic mass is 9.37. The van der Waals surface area contributed by atoms with Crippen molar-refractivity contribution in [2.24, 2.45) is 0 Å². The van der Waals surface area contributed by atoms with Crippen molar-refractivity contribution in [3.63, 3.8) is 0 Å². The average molecular weight is 610 g/mol. The van der Waals surface area contributed by atoms with E-state index in [0.717, 1.165) is 0 Å². The quantitative estimate of drug-likeness (QED) is 0.141. The van der Waals surface area contributed by atoms with Crippen molar-refractivity contribution in [2.75, 3.05) is 0 Å². The average Bonchev–Trinajstić information content (AvgIpc) is 3.63. The minimum Gasteiger partial charge on any atom is -0.0664 e. The van der Waals surface area contributed by atoms with Gasteiger partial charge in [-0.25, -0.2) is 0 Å². The maximum atomic E-state index is 2.56. The van der Waals surface area contributed by atoms with E-state index >= 15 is 0 Å². The van der Waals surface area contributed by atoms with Gasteiger partial charge < -0.3 is 0 Å². The highest BCUT2D eigenvalue weighted by Crippen LogP contribution is 2.41. The molecule has 2 aliphatic heterocycles. The topological polar surface area (TPSA) is 0 Å². The molecular weight excluding hydrogens is 574 g/mol. The van der Waals surface area contributed by atoms with Gasteiger partial charge >= 0.3 is 0 Å². The van der Waals surface area contributed by atoms with Crippen LogP contribution in [0.5, 0.6) is 0 Å². The summed E-state index contributed by atoms with van der Waals surface area (Å²) in [5, 5.41) is 8.47. The van der Waals surface area contributed by atoms with Gasteiger partial charge in [-0.2, -0.15) is 0 Å². The van der Waals surface area contributed by atoms with Crippen molar-refractivity contribution >= 4 is 78.5 Å². The predicted molar refractivity (Wildman–Crippen MR) is 211 cm³/mol. The van der Waals surface area contributed by atoms with Crippen molar-refractivity contribution in [1.82, 2.24) is 0 Å². The van der Waals surface area contributed by atoms with E-state index in [1.807, 2.05) is 0 Å². The number of hydrogen-bond acceptors (Lipinski definition) is 0. The first kappa shape index (κ1) is 28.0. The van der Waals surface area contributed by atoms with Crippen molar-refractivity contribution in [2.45, 2.75) is 39.5 Å². The van der Waals surface area contributed by atoms with E-state index in [0.29, 0.717) is 11.8 Å². The van der Waals surface area contributed by atoms with Crippen LogP contribution in [0.4, 0.5) is 0 Å². The van der Waals surface area contributed by atoms with Crippen LogP contribution in [0.1, 0.15) is 50.7 Å². The zero-order valence-corrected chi connectivity index (χ0v) is 28.0. The van der Waals surface area contributed by atoms with Crippen LogP contribution in [0.15, 0.2) is 133 Å². The van der Waals surface area contributed by atoms with Crippen LogP contribution in [0.3, 0.4) is 0 Å². The fourth-order valence-corrected chi connectivity index (χ4v) is 9.52. The van der Waals surface area contributed by atoms with Crippen LogP contribution in [-0.2, 0) is 0 Å². The molecule has 0 spiro atoms. The molecule has 0 fully saturated rings. The van der Waals surface area contributed by atoms with E-state index in [-0.39, 0.29) is 13.4 Å².